The van der Waals surface area contributed by atoms with Crippen molar-refractivity contribution in [3.05, 3.63) is 83.4 Å². The highest BCUT2D eigenvalue weighted by molar-refractivity contribution is 6.23. The van der Waals surface area contributed by atoms with Gasteiger partial charge in [0.1, 0.15) is 23.2 Å². The summed E-state index contributed by atoms with van der Waals surface area (Å²) in [6, 6.07) is 8.71. The van der Waals surface area contributed by atoms with Crippen molar-refractivity contribution in [3.63, 3.8) is 0 Å². The van der Waals surface area contributed by atoms with Crippen LogP contribution in [-0.4, -0.2) is 45.5 Å². The molecule has 1 atom stereocenters. The fourth-order valence-corrected chi connectivity index (χ4v) is 4.39. The lowest BCUT2D eigenvalue weighted by Gasteiger charge is -2.28. The summed E-state index contributed by atoms with van der Waals surface area (Å²) in [5, 5.41) is 16.6. The van der Waals surface area contributed by atoms with Crippen molar-refractivity contribution in [1.29, 1.82) is 0 Å². The average molecular weight is 620 g/mol. The standard InChI is InChI=1S/C29H26F5N5O5/c1-15(24(40)41)35-26(43)37-19-8-6-18(7-9-19)36-23-12-17(30)5-4-16(23)14-38-27(44)39(25(42)28(38,2)3)20-10-11-22(31)21(13-20)29(32,33)34/h4-13,15,36H,14H2,1-3H3,(H,40,41)(H2,35,37,43). The van der Waals surface area contributed by atoms with Crippen molar-refractivity contribution < 1.29 is 46.2 Å². The number of nitrogens with zero attached hydrogens (tertiary/aromatic N) is 2. The van der Waals surface area contributed by atoms with Crippen LogP contribution in [0.4, 0.5) is 54.3 Å². The SMILES string of the molecule is CC(NC(=O)Nc1ccc(Nc2cc(F)ccc2CN2C(=O)N(c3ccc(F)c(C(F)(F)F)c3)C(=O)C2(C)C)cc1)C(=O)O. The van der Waals surface area contributed by atoms with E-state index >= 15 is 0 Å². The molecule has 1 unspecified atom stereocenters. The van der Waals surface area contributed by atoms with Gasteiger partial charge in [-0.25, -0.2) is 23.3 Å². The van der Waals surface area contributed by atoms with Gasteiger partial charge in [0.25, 0.3) is 5.91 Å². The molecule has 1 fully saturated rings. The molecule has 0 saturated carbocycles. The zero-order valence-electron chi connectivity index (χ0n) is 23.4. The minimum Gasteiger partial charge on any atom is -0.480 e. The van der Waals surface area contributed by atoms with Crippen molar-refractivity contribution in [1.82, 2.24) is 10.2 Å². The number of hydrogen-bond acceptors (Lipinski definition) is 5. The third-order valence-electron chi connectivity index (χ3n) is 6.88. The Kier molecular flexibility index (Phi) is 8.52. The van der Waals surface area contributed by atoms with Crippen LogP contribution in [0.5, 0.6) is 0 Å². The monoisotopic (exact) mass is 619 g/mol. The molecular formula is C29H26F5N5O5. The maximum Gasteiger partial charge on any atom is 0.419 e. The van der Waals surface area contributed by atoms with Crippen LogP contribution in [-0.2, 0) is 22.3 Å². The Hall–Kier alpha value is -5.21. The number of carboxylic acids is 1. The first kappa shape index (κ1) is 31.7. The van der Waals surface area contributed by atoms with E-state index in [-0.39, 0.29) is 12.2 Å². The summed E-state index contributed by atoms with van der Waals surface area (Å²) in [6.07, 6.45) is -5.06. The molecule has 1 heterocycles. The Balaban J connectivity index is 1.56. The molecule has 4 N–H and O–H groups in total. The lowest BCUT2D eigenvalue weighted by atomic mass is 10.0. The molecule has 1 aliphatic rings. The van der Waals surface area contributed by atoms with Gasteiger partial charge in [-0.2, -0.15) is 13.2 Å². The molecular weight excluding hydrogens is 593 g/mol. The Labute approximate surface area is 247 Å². The summed E-state index contributed by atoms with van der Waals surface area (Å²) in [5.41, 5.74) is -2.33. The number of anilines is 4. The summed E-state index contributed by atoms with van der Waals surface area (Å²) in [5.74, 6) is -4.25. The van der Waals surface area contributed by atoms with Gasteiger partial charge >= 0.3 is 24.2 Å². The highest BCUT2D eigenvalue weighted by Crippen LogP contribution is 2.38. The number of carbonyl (C=O) groups excluding carboxylic acids is 3. The fraction of sp³-hybridized carbons (Fsp3) is 0.241. The summed E-state index contributed by atoms with van der Waals surface area (Å²) in [4.78, 5) is 51.2. The summed E-state index contributed by atoms with van der Waals surface area (Å²) in [6.45, 7) is 3.84. The number of imide groups is 1. The molecule has 3 aromatic carbocycles. The molecule has 0 bridgehead atoms. The molecule has 0 aliphatic carbocycles. The van der Waals surface area contributed by atoms with E-state index in [1.165, 1.54) is 51.1 Å². The Morgan fingerprint density at radius 1 is 0.955 bits per heavy atom. The number of amides is 5. The normalized spacial score (nSPS) is 15.3. The number of nitrogens with one attached hydrogen (secondary N) is 3. The van der Waals surface area contributed by atoms with Crippen LogP contribution < -0.4 is 20.9 Å². The van der Waals surface area contributed by atoms with Crippen LogP contribution in [0.25, 0.3) is 0 Å². The third kappa shape index (κ3) is 6.55. The second-order valence-electron chi connectivity index (χ2n) is 10.4. The molecule has 4 rings (SSSR count). The number of halogens is 5. The van der Waals surface area contributed by atoms with Gasteiger partial charge in [0, 0.05) is 17.1 Å². The van der Waals surface area contributed by atoms with E-state index in [4.69, 9.17) is 5.11 Å². The molecule has 44 heavy (non-hydrogen) atoms. The first-order chi connectivity index (χ1) is 20.5. The van der Waals surface area contributed by atoms with Gasteiger partial charge < -0.3 is 26.0 Å². The lowest BCUT2D eigenvalue weighted by molar-refractivity contribution is -0.140. The highest BCUT2D eigenvalue weighted by atomic mass is 19.4. The molecule has 0 radical (unpaired) electrons. The van der Waals surface area contributed by atoms with Gasteiger partial charge in [0.15, 0.2) is 0 Å². The molecule has 232 valence electrons. The predicted molar refractivity (Wildman–Crippen MR) is 149 cm³/mol. The topological polar surface area (TPSA) is 131 Å². The molecule has 1 saturated heterocycles. The minimum absolute atomic E-state index is 0.203. The molecule has 0 spiro atoms. The van der Waals surface area contributed by atoms with E-state index in [1.54, 1.807) is 0 Å². The van der Waals surface area contributed by atoms with Gasteiger partial charge in [-0.15, -0.1) is 0 Å². The summed E-state index contributed by atoms with van der Waals surface area (Å²) in [7, 11) is 0. The largest absolute Gasteiger partial charge is 0.480 e. The van der Waals surface area contributed by atoms with Crippen molar-refractivity contribution in [2.24, 2.45) is 0 Å². The number of carbonyl (C=O) groups is 4. The van der Waals surface area contributed by atoms with E-state index < -0.39 is 64.6 Å². The van der Waals surface area contributed by atoms with E-state index in [2.05, 4.69) is 16.0 Å². The number of urea groups is 2. The highest BCUT2D eigenvalue weighted by Gasteiger charge is 2.52. The molecule has 5 amide bonds. The number of hydrogen-bond donors (Lipinski definition) is 4. The Bertz CT molecular complexity index is 1630. The van der Waals surface area contributed by atoms with Crippen LogP contribution in [0.15, 0.2) is 60.7 Å². The molecule has 3 aromatic rings. The van der Waals surface area contributed by atoms with Crippen LogP contribution in [0, 0.1) is 11.6 Å². The smallest absolute Gasteiger partial charge is 0.419 e. The van der Waals surface area contributed by atoms with Crippen LogP contribution in [0.3, 0.4) is 0 Å². The van der Waals surface area contributed by atoms with Gasteiger partial charge in [-0.1, -0.05) is 6.07 Å². The quantitative estimate of drug-likeness (QED) is 0.179. The minimum atomic E-state index is -5.06. The van der Waals surface area contributed by atoms with Crippen molar-refractivity contribution in [3.8, 4) is 0 Å². The third-order valence-corrected chi connectivity index (χ3v) is 6.88. The second-order valence-corrected chi connectivity index (χ2v) is 10.4. The molecule has 1 aliphatic heterocycles. The Morgan fingerprint density at radius 2 is 1.59 bits per heavy atom. The number of alkyl halides is 3. The summed E-state index contributed by atoms with van der Waals surface area (Å²) >= 11 is 0. The van der Waals surface area contributed by atoms with E-state index in [1.807, 2.05) is 0 Å². The number of rotatable bonds is 8. The maximum atomic E-state index is 14.3. The molecule has 15 heteroatoms. The van der Waals surface area contributed by atoms with Crippen molar-refractivity contribution in [2.45, 2.75) is 45.1 Å². The van der Waals surface area contributed by atoms with Crippen molar-refractivity contribution in [2.75, 3.05) is 15.5 Å². The van der Waals surface area contributed by atoms with Crippen LogP contribution in [0.1, 0.15) is 31.9 Å². The second kappa shape index (κ2) is 11.8. The first-order valence-corrected chi connectivity index (χ1v) is 13.0. The lowest BCUT2D eigenvalue weighted by Crippen LogP contribution is -2.43. The van der Waals surface area contributed by atoms with Gasteiger partial charge in [0.2, 0.25) is 0 Å². The van der Waals surface area contributed by atoms with E-state index in [0.717, 1.165) is 23.1 Å². The number of carboxylic acid groups (broad SMARTS) is 1. The van der Waals surface area contributed by atoms with Gasteiger partial charge in [-0.3, -0.25) is 9.59 Å². The molecule has 0 aromatic heterocycles. The van der Waals surface area contributed by atoms with Crippen LogP contribution in [0.2, 0.25) is 0 Å². The zero-order valence-corrected chi connectivity index (χ0v) is 23.4. The molecule has 10 nitrogen and oxygen atoms in total. The zero-order chi connectivity index (χ0) is 32.6. The van der Waals surface area contributed by atoms with Gasteiger partial charge in [-0.05, 0) is 80.9 Å². The van der Waals surface area contributed by atoms with Crippen LogP contribution >= 0.6 is 0 Å². The first-order valence-electron chi connectivity index (χ1n) is 13.0. The van der Waals surface area contributed by atoms with Crippen molar-refractivity contribution >= 4 is 46.7 Å². The average Bonchev–Trinajstić information content (AvgIpc) is 3.09. The maximum absolute atomic E-state index is 14.3. The van der Waals surface area contributed by atoms with E-state index in [9.17, 15) is 41.1 Å². The number of aliphatic carboxylic acids is 1. The van der Waals surface area contributed by atoms with E-state index in [0.29, 0.717) is 34.0 Å². The van der Waals surface area contributed by atoms with Gasteiger partial charge in [0.05, 0.1) is 17.8 Å². The Morgan fingerprint density at radius 3 is 2.20 bits per heavy atom. The predicted octanol–water partition coefficient (Wildman–Crippen LogP) is 6.07. The summed E-state index contributed by atoms with van der Waals surface area (Å²) < 4.78 is 68.1. The fourth-order valence-electron chi connectivity index (χ4n) is 4.39. The number of benzene rings is 3.